The first-order valence-corrected chi connectivity index (χ1v) is 3.56. The van der Waals surface area contributed by atoms with Crippen molar-refractivity contribution >= 4 is 0 Å². The number of hydrogen-bond donors (Lipinski definition) is 1. The molecular formula is C7H14ClN2O-. The monoisotopic (exact) mass is 177 g/mol. The van der Waals surface area contributed by atoms with Crippen molar-refractivity contribution in [3.05, 3.63) is 12.4 Å². The molecule has 4 heteroatoms. The van der Waals surface area contributed by atoms with Gasteiger partial charge in [-0.05, 0) is 6.42 Å². The van der Waals surface area contributed by atoms with Crippen LogP contribution in [0.3, 0.4) is 0 Å². The number of nitrogens with zero attached hydrogens (tertiary/aromatic N) is 2. The topological polar surface area (TPSA) is 26.7 Å². The summed E-state index contributed by atoms with van der Waals surface area (Å²) in [6.07, 6.45) is 4.95. The summed E-state index contributed by atoms with van der Waals surface area (Å²) in [5, 5.41) is 8.53. The Labute approximate surface area is 73.7 Å². The molecule has 1 aliphatic heterocycles. The van der Waals surface area contributed by atoms with E-state index in [0.29, 0.717) is 0 Å². The van der Waals surface area contributed by atoms with Gasteiger partial charge in [-0.1, -0.05) is 0 Å². The lowest BCUT2D eigenvalue weighted by Crippen LogP contribution is -3.00. The number of aliphatic hydroxyl groups excluding tert-OH is 1. The van der Waals surface area contributed by atoms with Gasteiger partial charge in [0, 0.05) is 32.6 Å². The first-order valence-electron chi connectivity index (χ1n) is 3.56. The highest BCUT2D eigenvalue weighted by Gasteiger charge is 2.05. The molecule has 0 fully saturated rings. The van der Waals surface area contributed by atoms with Gasteiger partial charge in [0.2, 0.25) is 0 Å². The third-order valence-corrected chi connectivity index (χ3v) is 1.54. The van der Waals surface area contributed by atoms with E-state index in [-0.39, 0.29) is 19.0 Å². The largest absolute Gasteiger partial charge is 1.00 e. The van der Waals surface area contributed by atoms with E-state index in [1.165, 1.54) is 0 Å². The van der Waals surface area contributed by atoms with E-state index in [1.54, 1.807) is 0 Å². The van der Waals surface area contributed by atoms with Crippen LogP contribution in [0.25, 0.3) is 0 Å². The van der Waals surface area contributed by atoms with Crippen molar-refractivity contribution in [2.45, 2.75) is 6.42 Å². The number of hydrogen-bond acceptors (Lipinski definition) is 3. The van der Waals surface area contributed by atoms with E-state index < -0.39 is 0 Å². The van der Waals surface area contributed by atoms with Gasteiger partial charge in [-0.15, -0.1) is 0 Å². The Morgan fingerprint density at radius 2 is 2.18 bits per heavy atom. The molecule has 11 heavy (non-hydrogen) atoms. The summed E-state index contributed by atoms with van der Waals surface area (Å²) >= 11 is 0. The summed E-state index contributed by atoms with van der Waals surface area (Å²) < 4.78 is 0. The van der Waals surface area contributed by atoms with Crippen LogP contribution in [0.2, 0.25) is 0 Å². The van der Waals surface area contributed by atoms with Gasteiger partial charge >= 0.3 is 0 Å². The van der Waals surface area contributed by atoms with Gasteiger partial charge in [0.1, 0.15) is 0 Å². The summed E-state index contributed by atoms with van der Waals surface area (Å²) in [5.74, 6) is 0. The molecule has 0 unspecified atom stereocenters. The molecule has 0 aromatic heterocycles. The minimum atomic E-state index is 0. The Bertz CT molecular complexity index is 130. The molecule has 0 aromatic carbocycles. The predicted molar refractivity (Wildman–Crippen MR) is 40.2 cm³/mol. The number of halogens is 1. The highest BCUT2D eigenvalue weighted by Crippen LogP contribution is 2.03. The van der Waals surface area contributed by atoms with Crippen molar-refractivity contribution in [1.82, 2.24) is 9.80 Å². The van der Waals surface area contributed by atoms with Crippen molar-refractivity contribution in [2.75, 3.05) is 26.9 Å². The van der Waals surface area contributed by atoms with Crippen LogP contribution in [0.15, 0.2) is 12.4 Å². The average molecular weight is 178 g/mol. The molecule has 0 radical (unpaired) electrons. The van der Waals surface area contributed by atoms with Crippen LogP contribution in [0.1, 0.15) is 6.42 Å². The van der Waals surface area contributed by atoms with Gasteiger partial charge in [0.25, 0.3) is 0 Å². The van der Waals surface area contributed by atoms with E-state index in [9.17, 15) is 0 Å². The van der Waals surface area contributed by atoms with Crippen molar-refractivity contribution in [3.8, 4) is 0 Å². The Morgan fingerprint density at radius 3 is 2.64 bits per heavy atom. The van der Waals surface area contributed by atoms with Gasteiger partial charge in [-0.3, -0.25) is 0 Å². The fourth-order valence-electron chi connectivity index (χ4n) is 1.01. The maximum absolute atomic E-state index is 8.53. The van der Waals surface area contributed by atoms with Crippen molar-refractivity contribution in [3.63, 3.8) is 0 Å². The third-order valence-electron chi connectivity index (χ3n) is 1.54. The Morgan fingerprint density at radius 1 is 1.45 bits per heavy atom. The van der Waals surface area contributed by atoms with Crippen LogP contribution < -0.4 is 12.4 Å². The van der Waals surface area contributed by atoms with E-state index in [4.69, 9.17) is 5.11 Å². The van der Waals surface area contributed by atoms with Gasteiger partial charge in [0.15, 0.2) is 0 Å². The van der Waals surface area contributed by atoms with Crippen LogP contribution in [0.5, 0.6) is 0 Å². The fraction of sp³-hybridized carbons (Fsp3) is 0.714. The molecule has 0 amide bonds. The minimum Gasteiger partial charge on any atom is -1.00 e. The molecule has 0 spiro atoms. The normalized spacial score (nSPS) is 15.5. The molecule has 0 atom stereocenters. The Balaban J connectivity index is 0.000001000. The summed E-state index contributed by atoms with van der Waals surface area (Å²) in [5.41, 5.74) is 0. The average Bonchev–Trinajstić information content (AvgIpc) is 2.31. The van der Waals surface area contributed by atoms with E-state index in [1.807, 2.05) is 13.2 Å². The third kappa shape index (κ3) is 3.49. The highest BCUT2D eigenvalue weighted by atomic mass is 35.5. The molecule has 0 aromatic rings. The zero-order valence-corrected chi connectivity index (χ0v) is 7.46. The Kier molecular flexibility index (Phi) is 5.07. The molecular weight excluding hydrogens is 164 g/mol. The summed E-state index contributed by atoms with van der Waals surface area (Å²) in [6, 6.07) is 0. The summed E-state index contributed by atoms with van der Waals surface area (Å²) in [4.78, 5) is 4.29. The lowest BCUT2D eigenvalue weighted by Gasteiger charge is -2.16. The van der Waals surface area contributed by atoms with Crippen molar-refractivity contribution < 1.29 is 17.5 Å². The fourth-order valence-corrected chi connectivity index (χ4v) is 1.01. The second-order valence-electron chi connectivity index (χ2n) is 2.59. The second kappa shape index (κ2) is 5.27. The molecule has 0 saturated carbocycles. The predicted octanol–water partition coefficient (Wildman–Crippen LogP) is -2.95. The maximum atomic E-state index is 8.53. The highest BCUT2D eigenvalue weighted by molar-refractivity contribution is 4.88. The molecule has 1 N–H and O–H groups in total. The maximum Gasteiger partial charge on any atom is 0.0890 e. The van der Waals surface area contributed by atoms with Crippen molar-refractivity contribution in [2.24, 2.45) is 0 Å². The molecule has 0 saturated heterocycles. The Hall–Kier alpha value is -0.410. The molecule has 0 bridgehead atoms. The van der Waals surface area contributed by atoms with Gasteiger partial charge in [-0.2, -0.15) is 0 Å². The number of rotatable bonds is 3. The first-order chi connectivity index (χ1) is 4.83. The molecule has 0 aliphatic carbocycles. The van der Waals surface area contributed by atoms with Gasteiger partial charge in [0.05, 0.1) is 6.67 Å². The van der Waals surface area contributed by atoms with Crippen LogP contribution in [0, 0.1) is 0 Å². The van der Waals surface area contributed by atoms with E-state index >= 15 is 0 Å². The number of aliphatic hydroxyl groups is 1. The lowest BCUT2D eigenvalue weighted by atomic mass is 10.4. The smallest absolute Gasteiger partial charge is 0.0890 e. The SMILES string of the molecule is CN1C=CN(CCCO)C1.[Cl-]. The summed E-state index contributed by atoms with van der Waals surface area (Å²) in [6.45, 7) is 2.20. The molecule has 1 heterocycles. The van der Waals surface area contributed by atoms with Gasteiger partial charge in [-0.25, -0.2) is 0 Å². The van der Waals surface area contributed by atoms with E-state index in [0.717, 1.165) is 19.6 Å². The first kappa shape index (κ1) is 10.6. The molecule has 1 aliphatic rings. The van der Waals surface area contributed by atoms with Gasteiger partial charge < -0.3 is 27.3 Å². The van der Waals surface area contributed by atoms with Crippen molar-refractivity contribution in [1.29, 1.82) is 0 Å². The lowest BCUT2D eigenvalue weighted by molar-refractivity contribution is -0.00000330. The van der Waals surface area contributed by atoms with Crippen LogP contribution in [-0.4, -0.2) is 41.8 Å². The molecule has 1 rings (SSSR count). The van der Waals surface area contributed by atoms with Crippen LogP contribution in [0.4, 0.5) is 0 Å². The zero-order chi connectivity index (χ0) is 7.40. The molecule has 3 nitrogen and oxygen atoms in total. The molecule has 66 valence electrons. The zero-order valence-electron chi connectivity index (χ0n) is 6.70. The van der Waals surface area contributed by atoms with E-state index in [2.05, 4.69) is 16.0 Å². The minimum absolute atomic E-state index is 0. The second-order valence-corrected chi connectivity index (χ2v) is 2.59. The quantitative estimate of drug-likeness (QED) is 0.500. The standard InChI is InChI=1S/C7H14N2O.ClH/c1-8-4-5-9(7-8)3-2-6-10;/h4-5,10H,2-3,6-7H2,1H3;1H/p-1. The summed E-state index contributed by atoms with van der Waals surface area (Å²) in [7, 11) is 2.04. The van der Waals surface area contributed by atoms with Crippen LogP contribution in [-0.2, 0) is 0 Å². The van der Waals surface area contributed by atoms with Crippen LogP contribution >= 0.6 is 0 Å².